The van der Waals surface area contributed by atoms with E-state index in [2.05, 4.69) is 0 Å². The zero-order valence-corrected chi connectivity index (χ0v) is 21.2. The number of benzene rings is 2. The summed E-state index contributed by atoms with van der Waals surface area (Å²) in [4.78, 5) is 0. The summed E-state index contributed by atoms with van der Waals surface area (Å²) in [5.41, 5.74) is 1.61. The Morgan fingerprint density at radius 1 is 0.750 bits per heavy atom. The number of rotatable bonds is 9. The molecule has 1 fully saturated rings. The molecule has 0 bridgehead atoms. The van der Waals surface area contributed by atoms with Crippen molar-refractivity contribution in [2.75, 3.05) is 13.2 Å². The van der Waals surface area contributed by atoms with E-state index < -0.39 is 23.3 Å². The van der Waals surface area contributed by atoms with E-state index in [1.807, 2.05) is 13.0 Å². The van der Waals surface area contributed by atoms with Gasteiger partial charge in [-0.05, 0) is 105 Å². The summed E-state index contributed by atoms with van der Waals surface area (Å²) >= 11 is 0. The van der Waals surface area contributed by atoms with Gasteiger partial charge in [0.1, 0.15) is 0 Å². The number of hydrogen-bond donors (Lipinski definition) is 0. The van der Waals surface area contributed by atoms with Gasteiger partial charge in [-0.25, -0.2) is 8.78 Å². The van der Waals surface area contributed by atoms with Gasteiger partial charge < -0.3 is 9.47 Å². The largest absolute Gasteiger partial charge is 0.491 e. The minimum absolute atomic E-state index is 0.00738. The maximum atomic E-state index is 14.8. The lowest BCUT2D eigenvalue weighted by atomic mass is 9.70. The predicted octanol–water partition coefficient (Wildman–Crippen LogP) is 8.98. The van der Waals surface area contributed by atoms with E-state index >= 15 is 0 Å². The third kappa shape index (κ3) is 5.73. The Labute approximate surface area is 211 Å². The van der Waals surface area contributed by atoms with E-state index in [0.29, 0.717) is 36.0 Å². The second kappa shape index (κ2) is 12.2. The maximum absolute atomic E-state index is 14.8. The predicted molar refractivity (Wildman–Crippen MR) is 134 cm³/mol. The van der Waals surface area contributed by atoms with Gasteiger partial charge in [0.15, 0.2) is 23.1 Å². The Kier molecular flexibility index (Phi) is 8.97. The van der Waals surface area contributed by atoms with Crippen LogP contribution in [-0.4, -0.2) is 13.2 Å². The van der Waals surface area contributed by atoms with Crippen LogP contribution < -0.4 is 9.47 Å². The van der Waals surface area contributed by atoms with E-state index in [1.54, 1.807) is 25.1 Å². The Bertz CT molecular complexity index is 1070. The van der Waals surface area contributed by atoms with E-state index in [1.165, 1.54) is 6.07 Å². The van der Waals surface area contributed by atoms with E-state index in [0.717, 1.165) is 56.9 Å². The van der Waals surface area contributed by atoms with Crippen LogP contribution in [0.5, 0.6) is 11.5 Å². The molecule has 2 nitrogen and oxygen atoms in total. The molecule has 2 aromatic carbocycles. The summed E-state index contributed by atoms with van der Waals surface area (Å²) in [6.45, 7) is 4.42. The normalized spacial score (nSPS) is 22.3. The highest BCUT2D eigenvalue weighted by Crippen LogP contribution is 2.45. The number of allylic oxidation sites excluding steroid dienone is 2. The molecule has 36 heavy (non-hydrogen) atoms. The van der Waals surface area contributed by atoms with Gasteiger partial charge in [-0.15, -0.1) is 0 Å². The van der Waals surface area contributed by atoms with Crippen LogP contribution in [0.15, 0.2) is 30.3 Å². The molecule has 0 radical (unpaired) electrons. The molecule has 2 aliphatic rings. The van der Waals surface area contributed by atoms with Crippen LogP contribution in [0.25, 0.3) is 5.57 Å². The first-order valence-electron chi connectivity index (χ1n) is 13.3. The molecule has 196 valence electrons. The summed E-state index contributed by atoms with van der Waals surface area (Å²) < 4.78 is 68.8. The van der Waals surface area contributed by atoms with Gasteiger partial charge in [-0.2, -0.15) is 8.78 Å². The monoisotopic (exact) mass is 504 g/mol. The molecule has 0 spiro atoms. The van der Waals surface area contributed by atoms with Gasteiger partial charge in [0, 0.05) is 5.56 Å². The highest BCUT2D eigenvalue weighted by atomic mass is 19.2. The van der Waals surface area contributed by atoms with Crippen LogP contribution in [0.4, 0.5) is 17.6 Å². The molecule has 6 heteroatoms. The molecule has 0 amide bonds. The zero-order chi connectivity index (χ0) is 25.7. The van der Waals surface area contributed by atoms with Crippen molar-refractivity contribution < 1.29 is 27.0 Å². The molecular formula is C30H36F4O2. The van der Waals surface area contributed by atoms with Gasteiger partial charge in [-0.1, -0.05) is 25.5 Å². The minimum Gasteiger partial charge on any atom is -0.491 e. The Balaban J connectivity index is 1.35. The van der Waals surface area contributed by atoms with Crippen molar-refractivity contribution >= 4 is 5.57 Å². The van der Waals surface area contributed by atoms with Crippen LogP contribution in [0, 0.1) is 35.1 Å². The van der Waals surface area contributed by atoms with E-state index in [9.17, 15) is 17.6 Å². The Morgan fingerprint density at radius 3 is 2.11 bits per heavy atom. The molecule has 1 saturated carbocycles. The highest BCUT2D eigenvalue weighted by Gasteiger charge is 2.32. The van der Waals surface area contributed by atoms with Gasteiger partial charge in [-0.3, -0.25) is 0 Å². The average molecular weight is 505 g/mol. The van der Waals surface area contributed by atoms with Crippen LogP contribution >= 0.6 is 0 Å². The van der Waals surface area contributed by atoms with Crippen molar-refractivity contribution in [1.29, 1.82) is 0 Å². The van der Waals surface area contributed by atoms with Gasteiger partial charge >= 0.3 is 0 Å². The number of halogens is 4. The first-order valence-corrected chi connectivity index (χ1v) is 13.3. The van der Waals surface area contributed by atoms with E-state index in [-0.39, 0.29) is 24.0 Å². The first kappa shape index (κ1) is 26.6. The Morgan fingerprint density at radius 2 is 1.44 bits per heavy atom. The quantitative estimate of drug-likeness (QED) is 0.251. The van der Waals surface area contributed by atoms with Crippen molar-refractivity contribution in [2.24, 2.45) is 11.8 Å². The summed E-state index contributed by atoms with van der Waals surface area (Å²) in [6.07, 6.45) is 9.79. The molecule has 2 aromatic rings. The molecule has 0 saturated heterocycles. The number of unbranched alkanes of at least 4 members (excludes halogenated alkanes) is 1. The summed E-state index contributed by atoms with van der Waals surface area (Å²) in [5, 5.41) is 0. The van der Waals surface area contributed by atoms with Gasteiger partial charge in [0.25, 0.3) is 0 Å². The lowest BCUT2D eigenvalue weighted by molar-refractivity contribution is 0.218. The lowest BCUT2D eigenvalue weighted by Gasteiger charge is -2.36. The second-order valence-corrected chi connectivity index (χ2v) is 10.0. The summed E-state index contributed by atoms with van der Waals surface area (Å²) in [5.74, 6) is -2.51. The number of ether oxygens (including phenoxy) is 2. The molecule has 0 aliphatic heterocycles. The molecule has 2 aliphatic carbocycles. The fraction of sp³-hybridized carbons (Fsp3) is 0.533. The molecule has 0 aromatic heterocycles. The van der Waals surface area contributed by atoms with Crippen LogP contribution in [0.2, 0.25) is 0 Å². The van der Waals surface area contributed by atoms with Crippen molar-refractivity contribution in [2.45, 2.75) is 77.6 Å². The van der Waals surface area contributed by atoms with Gasteiger partial charge in [0.2, 0.25) is 11.6 Å². The molecule has 4 rings (SSSR count). The third-order valence-corrected chi connectivity index (χ3v) is 7.85. The lowest BCUT2D eigenvalue weighted by Crippen LogP contribution is -2.23. The molecular weight excluding hydrogens is 468 g/mol. The van der Waals surface area contributed by atoms with Crippen molar-refractivity contribution in [1.82, 2.24) is 0 Å². The Hall–Kier alpha value is -2.50. The topological polar surface area (TPSA) is 18.5 Å². The van der Waals surface area contributed by atoms with Crippen LogP contribution in [0.3, 0.4) is 0 Å². The highest BCUT2D eigenvalue weighted by molar-refractivity contribution is 5.67. The van der Waals surface area contributed by atoms with E-state index in [4.69, 9.17) is 9.47 Å². The second-order valence-electron chi connectivity index (χ2n) is 10.0. The van der Waals surface area contributed by atoms with Crippen LogP contribution in [-0.2, 0) is 0 Å². The fourth-order valence-corrected chi connectivity index (χ4v) is 5.78. The molecule has 0 heterocycles. The smallest absolute Gasteiger partial charge is 0.201 e. The van der Waals surface area contributed by atoms with Crippen molar-refractivity contribution in [3.05, 3.63) is 64.7 Å². The van der Waals surface area contributed by atoms with Gasteiger partial charge in [0.05, 0.1) is 13.2 Å². The first-order chi connectivity index (χ1) is 17.4. The zero-order valence-electron chi connectivity index (χ0n) is 21.2. The van der Waals surface area contributed by atoms with Crippen molar-refractivity contribution in [3.8, 4) is 11.5 Å². The number of hydrogen-bond acceptors (Lipinski definition) is 2. The van der Waals surface area contributed by atoms with Crippen molar-refractivity contribution in [3.63, 3.8) is 0 Å². The average Bonchev–Trinajstić information content (AvgIpc) is 2.90. The summed E-state index contributed by atoms with van der Waals surface area (Å²) in [6, 6.07) is 6.35. The third-order valence-electron chi connectivity index (χ3n) is 7.85. The fourth-order valence-electron chi connectivity index (χ4n) is 5.78. The molecule has 0 N–H and O–H groups in total. The van der Waals surface area contributed by atoms with Crippen LogP contribution in [0.1, 0.15) is 88.7 Å². The molecule has 1 atom stereocenters. The SMILES string of the molecule is CCCCOc1ccc([C@H]2CC[C@H](C3CC=C(c4ccc(OCC)c(F)c4F)CC3)CC2)c(F)c1F. The summed E-state index contributed by atoms with van der Waals surface area (Å²) in [7, 11) is 0. The standard InChI is InChI=1S/C30H36F4O2/c1-3-5-18-36-26-17-15-24(28(32)30(26)34)22-12-8-20(9-13-22)19-6-10-21(11-7-19)23-14-16-25(35-4-2)29(33)27(23)31/h10,14-17,19-20,22H,3-9,11-13,18H2,1-2H3/t19?,20-,22-. The minimum atomic E-state index is -0.931. The molecule has 1 unspecified atom stereocenters. The maximum Gasteiger partial charge on any atom is 0.201 e.